The van der Waals surface area contributed by atoms with E-state index in [-0.39, 0.29) is 17.3 Å². The third kappa shape index (κ3) is 2.76. The van der Waals surface area contributed by atoms with Crippen LogP contribution in [0, 0.1) is 6.92 Å². The van der Waals surface area contributed by atoms with E-state index in [1.165, 1.54) is 4.57 Å². The van der Waals surface area contributed by atoms with E-state index in [9.17, 15) is 9.59 Å². The van der Waals surface area contributed by atoms with Gasteiger partial charge in [-0.05, 0) is 42.6 Å². The summed E-state index contributed by atoms with van der Waals surface area (Å²) >= 11 is 3.31. The third-order valence-corrected chi connectivity index (χ3v) is 4.25. The average Bonchev–Trinajstić information content (AvgIpc) is 2.36. The second-order valence-corrected chi connectivity index (χ2v) is 5.41. The molecule has 0 saturated heterocycles. The molecule has 0 aliphatic carbocycles. The maximum atomic E-state index is 12.4. The molecule has 0 amide bonds. The van der Waals surface area contributed by atoms with E-state index < -0.39 is 0 Å². The Balaban J connectivity index is 3.50. The summed E-state index contributed by atoms with van der Waals surface area (Å²) in [5.74, 6) is 0. The monoisotopic (exact) mass is 316 g/mol. The third-order valence-electron chi connectivity index (χ3n) is 3.33. The molecular formula is C13H21BrN2O2. The molecule has 1 heterocycles. The highest BCUT2D eigenvalue weighted by Crippen LogP contribution is 2.12. The van der Waals surface area contributed by atoms with Gasteiger partial charge in [0.2, 0.25) is 0 Å². The lowest BCUT2D eigenvalue weighted by Crippen LogP contribution is -2.43. The van der Waals surface area contributed by atoms with Gasteiger partial charge in [0.1, 0.15) is 4.47 Å². The zero-order chi connectivity index (χ0) is 13.9. The molecule has 0 radical (unpaired) electrons. The number of aromatic nitrogens is 2. The second-order valence-electron chi connectivity index (χ2n) is 4.62. The summed E-state index contributed by atoms with van der Waals surface area (Å²) < 4.78 is 3.55. The zero-order valence-electron chi connectivity index (χ0n) is 11.5. The van der Waals surface area contributed by atoms with Crippen molar-refractivity contribution in [3.8, 4) is 0 Å². The highest BCUT2D eigenvalue weighted by molar-refractivity contribution is 9.10. The van der Waals surface area contributed by atoms with Crippen LogP contribution < -0.4 is 11.2 Å². The Kier molecular flexibility index (Phi) is 5.38. The molecule has 0 fully saturated rings. The molecule has 0 saturated carbocycles. The Morgan fingerprint density at radius 3 is 2.39 bits per heavy atom. The van der Waals surface area contributed by atoms with Gasteiger partial charge >= 0.3 is 5.69 Å². The van der Waals surface area contributed by atoms with Crippen molar-refractivity contribution in [2.24, 2.45) is 0 Å². The van der Waals surface area contributed by atoms with Crippen molar-refractivity contribution in [1.29, 1.82) is 0 Å². The first-order valence-electron chi connectivity index (χ1n) is 6.47. The highest BCUT2D eigenvalue weighted by Gasteiger charge is 2.17. The van der Waals surface area contributed by atoms with Crippen LogP contribution in [-0.2, 0) is 6.54 Å². The van der Waals surface area contributed by atoms with Gasteiger partial charge in [-0.1, -0.05) is 20.3 Å². The zero-order valence-corrected chi connectivity index (χ0v) is 13.1. The lowest BCUT2D eigenvalue weighted by Gasteiger charge is -2.18. The molecular weight excluding hydrogens is 296 g/mol. The lowest BCUT2D eigenvalue weighted by molar-refractivity contribution is 0.448. The Bertz CT molecular complexity index is 531. The number of rotatable bonds is 5. The first kappa shape index (κ1) is 15.2. The molecule has 1 aromatic heterocycles. The molecule has 102 valence electrons. The SMILES string of the molecule is CCCCn1c(C)c(Br)c(=O)n(C(C)CC)c1=O. The fraction of sp³-hybridized carbons (Fsp3) is 0.692. The summed E-state index contributed by atoms with van der Waals surface area (Å²) in [4.78, 5) is 24.5. The van der Waals surface area contributed by atoms with Gasteiger partial charge in [0.15, 0.2) is 0 Å². The van der Waals surface area contributed by atoms with Crippen molar-refractivity contribution in [3.63, 3.8) is 0 Å². The number of unbranched alkanes of at least 4 members (excludes halogenated alkanes) is 1. The molecule has 4 nitrogen and oxygen atoms in total. The minimum absolute atomic E-state index is 0.0743. The van der Waals surface area contributed by atoms with E-state index in [4.69, 9.17) is 0 Å². The van der Waals surface area contributed by atoms with Crippen LogP contribution in [0.15, 0.2) is 14.1 Å². The molecule has 18 heavy (non-hydrogen) atoms. The van der Waals surface area contributed by atoms with E-state index in [0.29, 0.717) is 11.0 Å². The standard InChI is InChI=1S/C13H21BrN2O2/c1-5-7-8-15-10(4)11(14)12(17)16(13(15)18)9(3)6-2/h9H,5-8H2,1-4H3. The first-order valence-corrected chi connectivity index (χ1v) is 7.26. The van der Waals surface area contributed by atoms with Gasteiger partial charge in [0.25, 0.3) is 5.56 Å². The van der Waals surface area contributed by atoms with Crippen LogP contribution in [0.2, 0.25) is 0 Å². The van der Waals surface area contributed by atoms with Crippen molar-refractivity contribution in [3.05, 3.63) is 31.0 Å². The van der Waals surface area contributed by atoms with Gasteiger partial charge in [-0.15, -0.1) is 0 Å². The molecule has 5 heteroatoms. The van der Waals surface area contributed by atoms with E-state index in [0.717, 1.165) is 25.0 Å². The van der Waals surface area contributed by atoms with Crippen LogP contribution in [0.3, 0.4) is 0 Å². The van der Waals surface area contributed by atoms with Gasteiger partial charge in [-0.3, -0.25) is 13.9 Å². The predicted molar refractivity (Wildman–Crippen MR) is 77.3 cm³/mol. The van der Waals surface area contributed by atoms with Gasteiger partial charge in [0, 0.05) is 18.3 Å². The van der Waals surface area contributed by atoms with E-state index in [2.05, 4.69) is 22.9 Å². The summed E-state index contributed by atoms with van der Waals surface area (Å²) in [6.45, 7) is 8.43. The molecule has 1 unspecified atom stereocenters. The fourth-order valence-corrected chi connectivity index (χ4v) is 2.30. The van der Waals surface area contributed by atoms with Gasteiger partial charge in [-0.25, -0.2) is 4.79 Å². The molecule has 0 bridgehead atoms. The highest BCUT2D eigenvalue weighted by atomic mass is 79.9. The summed E-state index contributed by atoms with van der Waals surface area (Å²) in [6, 6.07) is -0.0743. The Morgan fingerprint density at radius 2 is 1.89 bits per heavy atom. The quantitative estimate of drug-likeness (QED) is 0.838. The molecule has 0 spiro atoms. The first-order chi connectivity index (χ1) is 8.45. The summed E-state index contributed by atoms with van der Waals surface area (Å²) in [5, 5.41) is 0. The molecule has 1 aromatic rings. The van der Waals surface area contributed by atoms with Crippen molar-refractivity contribution < 1.29 is 0 Å². The van der Waals surface area contributed by atoms with Gasteiger partial charge in [0.05, 0.1) is 0 Å². The van der Waals surface area contributed by atoms with Gasteiger partial charge < -0.3 is 0 Å². The Morgan fingerprint density at radius 1 is 1.28 bits per heavy atom. The normalized spacial score (nSPS) is 12.7. The fourth-order valence-electron chi connectivity index (χ4n) is 1.89. The summed E-state index contributed by atoms with van der Waals surface area (Å²) in [5.41, 5.74) is 0.307. The Hall–Kier alpha value is -0.840. The number of halogens is 1. The number of nitrogens with zero attached hydrogens (tertiary/aromatic N) is 2. The number of hydrogen-bond donors (Lipinski definition) is 0. The second kappa shape index (κ2) is 6.36. The molecule has 0 aliphatic rings. The molecule has 1 atom stereocenters. The summed E-state index contributed by atoms with van der Waals surface area (Å²) in [6.07, 6.45) is 2.72. The average molecular weight is 317 g/mol. The largest absolute Gasteiger partial charge is 0.331 e. The van der Waals surface area contributed by atoms with Crippen molar-refractivity contribution >= 4 is 15.9 Å². The van der Waals surface area contributed by atoms with E-state index in [1.807, 2.05) is 20.8 Å². The molecule has 1 rings (SSSR count). The summed E-state index contributed by atoms with van der Waals surface area (Å²) in [7, 11) is 0. The van der Waals surface area contributed by atoms with E-state index in [1.54, 1.807) is 4.57 Å². The van der Waals surface area contributed by atoms with Crippen molar-refractivity contribution in [2.45, 2.75) is 59.5 Å². The van der Waals surface area contributed by atoms with Crippen LogP contribution in [0.1, 0.15) is 51.8 Å². The maximum Gasteiger partial charge on any atom is 0.331 e. The van der Waals surface area contributed by atoms with Crippen LogP contribution in [-0.4, -0.2) is 9.13 Å². The predicted octanol–water partition coefficient (Wildman–Crippen LogP) is 2.85. The molecule has 0 aliphatic heterocycles. The topological polar surface area (TPSA) is 44.0 Å². The van der Waals surface area contributed by atoms with Crippen LogP contribution in [0.4, 0.5) is 0 Å². The van der Waals surface area contributed by atoms with Crippen molar-refractivity contribution in [1.82, 2.24) is 9.13 Å². The minimum Gasteiger partial charge on any atom is -0.297 e. The maximum absolute atomic E-state index is 12.4. The van der Waals surface area contributed by atoms with Crippen molar-refractivity contribution in [2.75, 3.05) is 0 Å². The van der Waals surface area contributed by atoms with Crippen LogP contribution in [0.25, 0.3) is 0 Å². The van der Waals surface area contributed by atoms with Crippen LogP contribution >= 0.6 is 15.9 Å². The molecule has 0 aromatic carbocycles. The minimum atomic E-state index is -0.223. The Labute approximate surface area is 116 Å². The molecule has 0 N–H and O–H groups in total. The number of hydrogen-bond acceptors (Lipinski definition) is 2. The lowest BCUT2D eigenvalue weighted by atomic mass is 10.2. The van der Waals surface area contributed by atoms with Crippen LogP contribution in [0.5, 0.6) is 0 Å². The van der Waals surface area contributed by atoms with E-state index >= 15 is 0 Å². The smallest absolute Gasteiger partial charge is 0.297 e. The van der Waals surface area contributed by atoms with Gasteiger partial charge in [-0.2, -0.15) is 0 Å².